The van der Waals surface area contributed by atoms with E-state index in [4.69, 9.17) is 5.11 Å². The van der Waals surface area contributed by atoms with Gasteiger partial charge in [0.05, 0.1) is 0 Å². The minimum Gasteiger partial charge on any atom is -0.430 e. The third kappa shape index (κ3) is 5.97. The monoisotopic (exact) mass is 176 g/mol. The van der Waals surface area contributed by atoms with E-state index in [0.29, 0.717) is 13.2 Å². The van der Waals surface area contributed by atoms with E-state index in [9.17, 15) is 4.79 Å². The Morgan fingerprint density at radius 2 is 2.33 bits per heavy atom. The first-order chi connectivity index (χ1) is 5.70. The highest BCUT2D eigenvalue weighted by Crippen LogP contribution is 2.02. The van der Waals surface area contributed by atoms with Crippen molar-refractivity contribution < 1.29 is 19.4 Å². The Balaban J connectivity index is 0.000000217. The number of unbranched alkanes of at least 4 members (excludes halogenated alkanes) is 1. The van der Waals surface area contributed by atoms with Gasteiger partial charge >= 0.3 is 6.16 Å². The zero-order valence-electron chi connectivity index (χ0n) is 7.58. The summed E-state index contributed by atoms with van der Waals surface area (Å²) in [5, 5.41) is 8.07. The molecular weight excluding hydrogens is 160 g/mol. The predicted octanol–water partition coefficient (Wildman–Crippen LogP) is 1.32. The normalized spacial score (nSPS) is 20.6. The van der Waals surface area contributed by atoms with Gasteiger partial charge in [-0.05, 0) is 13.3 Å². The number of aliphatic hydroxyl groups is 1. The van der Waals surface area contributed by atoms with E-state index in [1.54, 1.807) is 6.92 Å². The molecule has 0 radical (unpaired) electrons. The van der Waals surface area contributed by atoms with Crippen molar-refractivity contribution in [1.29, 1.82) is 0 Å². The van der Waals surface area contributed by atoms with Crippen LogP contribution in [0.15, 0.2) is 0 Å². The minimum absolute atomic E-state index is 0.0486. The second-order valence-electron chi connectivity index (χ2n) is 2.57. The van der Waals surface area contributed by atoms with Gasteiger partial charge in [-0.2, -0.15) is 0 Å². The molecule has 1 fully saturated rings. The average molecular weight is 176 g/mol. The molecule has 0 aromatic heterocycles. The van der Waals surface area contributed by atoms with Gasteiger partial charge in [0.25, 0.3) is 0 Å². The first-order valence-corrected chi connectivity index (χ1v) is 4.15. The van der Waals surface area contributed by atoms with Crippen molar-refractivity contribution in [2.24, 2.45) is 0 Å². The molecule has 0 saturated carbocycles. The number of hydrogen-bond donors (Lipinski definition) is 1. The summed E-state index contributed by atoms with van der Waals surface area (Å²) in [5.41, 5.74) is 0. The Labute approximate surface area is 72.5 Å². The van der Waals surface area contributed by atoms with Crippen molar-refractivity contribution in [1.82, 2.24) is 0 Å². The summed E-state index contributed by atoms with van der Waals surface area (Å²) < 4.78 is 8.90. The van der Waals surface area contributed by atoms with Crippen LogP contribution in [0.5, 0.6) is 0 Å². The van der Waals surface area contributed by atoms with Crippen LogP contribution < -0.4 is 0 Å². The standard InChI is InChI=1S/C4H6O3.C4H10O/c1-3-2-6-4(5)7-3;1-2-3-4-5/h3H,2H2,1H3;5H,2-4H2,1H3. The van der Waals surface area contributed by atoms with Crippen LogP contribution in [0, 0.1) is 0 Å². The van der Waals surface area contributed by atoms with Crippen LogP contribution in [-0.4, -0.2) is 30.6 Å². The van der Waals surface area contributed by atoms with E-state index in [1.807, 2.05) is 0 Å². The Morgan fingerprint density at radius 3 is 2.42 bits per heavy atom. The van der Waals surface area contributed by atoms with E-state index < -0.39 is 6.16 Å². The molecule has 1 N–H and O–H groups in total. The fourth-order valence-electron chi connectivity index (χ4n) is 0.576. The summed E-state index contributed by atoms with van der Waals surface area (Å²) in [5.74, 6) is 0. The lowest BCUT2D eigenvalue weighted by atomic mass is 10.4. The van der Waals surface area contributed by atoms with Gasteiger partial charge in [0.15, 0.2) is 0 Å². The van der Waals surface area contributed by atoms with Crippen molar-refractivity contribution in [2.45, 2.75) is 32.8 Å². The van der Waals surface area contributed by atoms with Crippen molar-refractivity contribution in [3.05, 3.63) is 0 Å². The Morgan fingerprint density at radius 1 is 1.67 bits per heavy atom. The Bertz CT molecular complexity index is 122. The maximum atomic E-state index is 10.0. The van der Waals surface area contributed by atoms with Gasteiger partial charge < -0.3 is 14.6 Å². The zero-order valence-corrected chi connectivity index (χ0v) is 7.58. The van der Waals surface area contributed by atoms with Crippen LogP contribution in [0.2, 0.25) is 0 Å². The number of rotatable bonds is 2. The van der Waals surface area contributed by atoms with Crippen molar-refractivity contribution in [3.63, 3.8) is 0 Å². The predicted molar refractivity (Wildman–Crippen MR) is 43.9 cm³/mol. The fraction of sp³-hybridized carbons (Fsp3) is 0.875. The molecular formula is C8H16O4. The molecule has 12 heavy (non-hydrogen) atoms. The van der Waals surface area contributed by atoms with Crippen LogP contribution in [0.1, 0.15) is 26.7 Å². The molecule has 1 saturated heterocycles. The highest BCUT2D eigenvalue weighted by atomic mass is 16.8. The molecule has 1 unspecified atom stereocenters. The van der Waals surface area contributed by atoms with Gasteiger partial charge in [0.2, 0.25) is 0 Å². The number of carbonyl (C=O) groups is 1. The molecule has 0 bridgehead atoms. The smallest absolute Gasteiger partial charge is 0.430 e. The van der Waals surface area contributed by atoms with Gasteiger partial charge in [-0.1, -0.05) is 13.3 Å². The van der Waals surface area contributed by atoms with Crippen molar-refractivity contribution >= 4 is 6.16 Å². The summed E-state index contributed by atoms with van der Waals surface area (Å²) in [6.07, 6.45) is 1.44. The third-order valence-corrected chi connectivity index (χ3v) is 1.24. The lowest BCUT2D eigenvalue weighted by Crippen LogP contribution is -2.01. The van der Waals surface area contributed by atoms with E-state index in [2.05, 4.69) is 16.4 Å². The number of cyclic esters (lactones) is 2. The second kappa shape index (κ2) is 6.91. The number of aliphatic hydroxyl groups excluding tert-OH is 1. The van der Waals surface area contributed by atoms with Gasteiger partial charge in [0.1, 0.15) is 12.7 Å². The molecule has 0 aromatic carbocycles. The van der Waals surface area contributed by atoms with Crippen LogP contribution in [0.3, 0.4) is 0 Å². The maximum absolute atomic E-state index is 10.0. The molecule has 0 aromatic rings. The molecule has 1 aliphatic heterocycles. The van der Waals surface area contributed by atoms with E-state index in [-0.39, 0.29) is 6.10 Å². The van der Waals surface area contributed by atoms with Crippen LogP contribution in [-0.2, 0) is 9.47 Å². The summed E-state index contributed by atoms with van der Waals surface area (Å²) in [6.45, 7) is 4.58. The SMILES string of the molecule is CC1COC(=O)O1.CCCCO. The molecule has 1 heterocycles. The Kier molecular flexibility index (Phi) is 6.47. The Hall–Kier alpha value is -0.770. The topological polar surface area (TPSA) is 55.8 Å². The first-order valence-electron chi connectivity index (χ1n) is 4.15. The largest absolute Gasteiger partial charge is 0.508 e. The van der Waals surface area contributed by atoms with Crippen LogP contribution in [0.25, 0.3) is 0 Å². The van der Waals surface area contributed by atoms with Gasteiger partial charge in [-0.3, -0.25) is 0 Å². The summed E-state index contributed by atoms with van der Waals surface area (Å²) in [6, 6.07) is 0. The van der Waals surface area contributed by atoms with E-state index >= 15 is 0 Å². The van der Waals surface area contributed by atoms with E-state index in [0.717, 1.165) is 12.8 Å². The average Bonchev–Trinajstić information content (AvgIpc) is 2.38. The lowest BCUT2D eigenvalue weighted by molar-refractivity contribution is 0.121. The fourth-order valence-corrected chi connectivity index (χ4v) is 0.576. The van der Waals surface area contributed by atoms with Crippen LogP contribution in [0.4, 0.5) is 4.79 Å². The number of carbonyl (C=O) groups excluding carboxylic acids is 1. The lowest BCUT2D eigenvalue weighted by Gasteiger charge is -1.90. The maximum Gasteiger partial charge on any atom is 0.508 e. The molecule has 0 aliphatic carbocycles. The molecule has 72 valence electrons. The third-order valence-electron chi connectivity index (χ3n) is 1.24. The first kappa shape index (κ1) is 11.2. The van der Waals surface area contributed by atoms with Gasteiger partial charge in [-0.15, -0.1) is 0 Å². The second-order valence-corrected chi connectivity index (χ2v) is 2.57. The number of ether oxygens (including phenoxy) is 2. The minimum atomic E-state index is -0.549. The highest BCUT2D eigenvalue weighted by molar-refractivity contribution is 5.61. The molecule has 1 rings (SSSR count). The molecule has 0 amide bonds. The summed E-state index contributed by atoms with van der Waals surface area (Å²) in [7, 11) is 0. The summed E-state index contributed by atoms with van der Waals surface area (Å²) >= 11 is 0. The van der Waals surface area contributed by atoms with Crippen molar-refractivity contribution in [3.8, 4) is 0 Å². The quantitative estimate of drug-likeness (QED) is 0.645. The molecule has 1 aliphatic rings. The van der Waals surface area contributed by atoms with Gasteiger partial charge in [0, 0.05) is 6.61 Å². The number of hydrogen-bond acceptors (Lipinski definition) is 4. The summed E-state index contributed by atoms with van der Waals surface area (Å²) in [4.78, 5) is 10.0. The molecule has 4 heteroatoms. The van der Waals surface area contributed by atoms with E-state index in [1.165, 1.54) is 0 Å². The molecule has 0 spiro atoms. The van der Waals surface area contributed by atoms with Crippen LogP contribution >= 0.6 is 0 Å². The molecule has 4 nitrogen and oxygen atoms in total. The van der Waals surface area contributed by atoms with Gasteiger partial charge in [-0.25, -0.2) is 4.79 Å². The molecule has 1 atom stereocenters. The van der Waals surface area contributed by atoms with Crippen molar-refractivity contribution in [2.75, 3.05) is 13.2 Å². The highest BCUT2D eigenvalue weighted by Gasteiger charge is 2.19. The zero-order chi connectivity index (χ0) is 9.40.